The first kappa shape index (κ1) is 20.3. The Hall–Kier alpha value is -1.71. The lowest BCUT2D eigenvalue weighted by atomic mass is 9.57. The molecular formula is C20H30O4. The molecule has 134 valence electrons. The zero-order valence-electron chi connectivity index (χ0n) is 15.8. The quantitative estimate of drug-likeness (QED) is 0.587. The maximum absolute atomic E-state index is 13.0. The number of aliphatic carboxylic acids is 1. The van der Waals surface area contributed by atoms with Gasteiger partial charge in [-0.25, -0.2) is 0 Å². The summed E-state index contributed by atoms with van der Waals surface area (Å²) in [5.74, 6) is -2.95. The second kappa shape index (κ2) is 7.45. The fourth-order valence-electron chi connectivity index (χ4n) is 3.89. The van der Waals surface area contributed by atoms with Gasteiger partial charge in [-0.15, -0.1) is 0 Å². The predicted octanol–water partition coefficient (Wildman–Crippen LogP) is 4.06. The summed E-state index contributed by atoms with van der Waals surface area (Å²) in [4.78, 5) is 37.2. The Morgan fingerprint density at radius 1 is 1.33 bits per heavy atom. The Morgan fingerprint density at radius 3 is 2.33 bits per heavy atom. The Balaban J connectivity index is 3.45. The highest BCUT2D eigenvalue weighted by Gasteiger charge is 2.54. The number of carbonyl (C=O) groups is 3. The maximum Gasteiger partial charge on any atom is 0.313 e. The lowest BCUT2D eigenvalue weighted by Gasteiger charge is -2.43. The van der Waals surface area contributed by atoms with E-state index in [4.69, 9.17) is 0 Å². The lowest BCUT2D eigenvalue weighted by Crippen LogP contribution is -2.51. The van der Waals surface area contributed by atoms with Gasteiger partial charge in [0.2, 0.25) is 0 Å². The highest BCUT2D eigenvalue weighted by molar-refractivity contribution is 6.18. The highest BCUT2D eigenvalue weighted by atomic mass is 16.4. The molecule has 1 N–H and O–H groups in total. The summed E-state index contributed by atoms with van der Waals surface area (Å²) in [5.41, 5.74) is 0.207. The first-order valence-corrected chi connectivity index (χ1v) is 8.61. The van der Waals surface area contributed by atoms with Crippen LogP contribution in [0.4, 0.5) is 0 Å². The van der Waals surface area contributed by atoms with Crippen LogP contribution in [0.2, 0.25) is 0 Å². The van der Waals surface area contributed by atoms with Gasteiger partial charge in [-0.3, -0.25) is 14.4 Å². The molecule has 0 aromatic heterocycles. The summed E-state index contributed by atoms with van der Waals surface area (Å²) in [6, 6.07) is 0. The second-order valence-corrected chi connectivity index (χ2v) is 7.72. The number of rotatable bonds is 6. The number of ketones is 2. The van der Waals surface area contributed by atoms with Gasteiger partial charge in [0.15, 0.2) is 11.6 Å². The van der Waals surface area contributed by atoms with E-state index in [1.54, 1.807) is 13.8 Å². The largest absolute Gasteiger partial charge is 0.481 e. The average Bonchev–Trinajstić information content (AvgIpc) is 2.48. The van der Waals surface area contributed by atoms with E-state index in [9.17, 15) is 19.5 Å². The molecule has 0 fully saturated rings. The van der Waals surface area contributed by atoms with Crippen molar-refractivity contribution in [2.75, 3.05) is 0 Å². The van der Waals surface area contributed by atoms with Crippen LogP contribution in [-0.2, 0) is 14.4 Å². The van der Waals surface area contributed by atoms with Crippen molar-refractivity contribution in [2.24, 2.45) is 29.1 Å². The van der Waals surface area contributed by atoms with Gasteiger partial charge >= 0.3 is 5.97 Å². The van der Waals surface area contributed by atoms with Crippen LogP contribution in [0.3, 0.4) is 0 Å². The molecule has 0 unspecified atom stereocenters. The molecule has 4 heteroatoms. The van der Waals surface area contributed by atoms with E-state index in [1.165, 1.54) is 6.92 Å². The second-order valence-electron chi connectivity index (χ2n) is 7.72. The minimum absolute atomic E-state index is 0.000979. The molecule has 0 heterocycles. The third kappa shape index (κ3) is 3.68. The third-order valence-electron chi connectivity index (χ3n) is 5.17. The molecule has 1 aliphatic rings. The van der Waals surface area contributed by atoms with Gasteiger partial charge in [0.25, 0.3) is 0 Å². The topological polar surface area (TPSA) is 71.4 Å². The highest BCUT2D eigenvalue weighted by Crippen LogP contribution is 2.47. The molecule has 1 aliphatic carbocycles. The third-order valence-corrected chi connectivity index (χ3v) is 5.17. The van der Waals surface area contributed by atoms with Gasteiger partial charge in [-0.2, -0.15) is 0 Å². The number of carboxylic acid groups (broad SMARTS) is 1. The van der Waals surface area contributed by atoms with E-state index in [-0.39, 0.29) is 17.6 Å². The van der Waals surface area contributed by atoms with Crippen LogP contribution in [0.1, 0.15) is 54.9 Å². The van der Waals surface area contributed by atoms with E-state index < -0.39 is 23.1 Å². The van der Waals surface area contributed by atoms with Crippen LogP contribution in [0.15, 0.2) is 23.3 Å². The Kier molecular flexibility index (Phi) is 6.32. The van der Waals surface area contributed by atoms with Crippen LogP contribution >= 0.6 is 0 Å². The minimum Gasteiger partial charge on any atom is -0.481 e. The zero-order valence-corrected chi connectivity index (χ0v) is 15.8. The summed E-state index contributed by atoms with van der Waals surface area (Å²) < 4.78 is 0. The van der Waals surface area contributed by atoms with Crippen LogP contribution in [-0.4, -0.2) is 22.6 Å². The van der Waals surface area contributed by atoms with Crippen LogP contribution < -0.4 is 0 Å². The van der Waals surface area contributed by atoms with Gasteiger partial charge < -0.3 is 5.11 Å². The van der Waals surface area contributed by atoms with Crippen molar-refractivity contribution in [3.8, 4) is 0 Å². The Bertz CT molecular complexity index is 597. The number of hydrogen-bond acceptors (Lipinski definition) is 3. The molecule has 0 aliphatic heterocycles. The molecule has 1 rings (SSSR count). The molecule has 4 nitrogen and oxygen atoms in total. The number of Topliss-reactive ketones (excluding diaryl/α,β-unsaturated/α-hetero) is 2. The molecule has 0 radical (unpaired) electrons. The Morgan fingerprint density at radius 2 is 1.88 bits per heavy atom. The minimum atomic E-state index is -1.33. The number of hydrogen-bond donors (Lipinski definition) is 1. The van der Waals surface area contributed by atoms with E-state index in [0.717, 1.165) is 12.0 Å². The number of carbonyl (C=O) groups excluding carboxylic acids is 2. The number of allylic oxidation sites excluding steroid dienone is 4. The van der Waals surface area contributed by atoms with Gasteiger partial charge in [-0.1, -0.05) is 38.5 Å². The molecule has 0 bridgehead atoms. The van der Waals surface area contributed by atoms with Crippen molar-refractivity contribution in [1.29, 1.82) is 0 Å². The van der Waals surface area contributed by atoms with Gasteiger partial charge in [-0.05, 0) is 51.5 Å². The monoisotopic (exact) mass is 334 g/mol. The molecule has 24 heavy (non-hydrogen) atoms. The number of carboxylic acids is 1. The fraction of sp³-hybridized carbons (Fsp3) is 0.650. The molecule has 0 saturated carbocycles. The molecule has 0 aromatic rings. The normalized spacial score (nSPS) is 29.4. The van der Waals surface area contributed by atoms with Gasteiger partial charge in [0.1, 0.15) is 5.92 Å². The van der Waals surface area contributed by atoms with Gasteiger partial charge in [0, 0.05) is 5.92 Å². The summed E-state index contributed by atoms with van der Waals surface area (Å²) in [5, 5.41) is 9.26. The summed E-state index contributed by atoms with van der Waals surface area (Å²) in [6.45, 7) is 12.9. The van der Waals surface area contributed by atoms with Gasteiger partial charge in [0.05, 0.1) is 5.41 Å². The SMILES string of the molecule is CC1=C[C@@H](C)[C@@H](/C(C)=C/CC(C)C)[C@@](C)(C(=O)[C@@H](C)C(=O)O)C1=O. The van der Waals surface area contributed by atoms with Crippen molar-refractivity contribution in [1.82, 2.24) is 0 Å². The molecule has 0 amide bonds. The van der Waals surface area contributed by atoms with Crippen LogP contribution in [0.5, 0.6) is 0 Å². The molecule has 4 atom stereocenters. The molecule has 0 aromatic carbocycles. The van der Waals surface area contributed by atoms with Crippen molar-refractivity contribution in [2.45, 2.75) is 54.9 Å². The maximum atomic E-state index is 13.0. The van der Waals surface area contributed by atoms with Crippen molar-refractivity contribution < 1.29 is 19.5 Å². The average molecular weight is 334 g/mol. The van der Waals surface area contributed by atoms with Crippen LogP contribution in [0, 0.1) is 29.1 Å². The first-order valence-electron chi connectivity index (χ1n) is 8.61. The molecule has 0 saturated heterocycles. The zero-order chi connectivity index (χ0) is 18.8. The van der Waals surface area contributed by atoms with Crippen molar-refractivity contribution >= 4 is 17.5 Å². The fourth-order valence-corrected chi connectivity index (χ4v) is 3.89. The molecular weight excluding hydrogens is 304 g/mol. The smallest absolute Gasteiger partial charge is 0.313 e. The van der Waals surface area contributed by atoms with Crippen LogP contribution in [0.25, 0.3) is 0 Å². The van der Waals surface area contributed by atoms with Crippen molar-refractivity contribution in [3.05, 3.63) is 23.3 Å². The molecule has 0 spiro atoms. The lowest BCUT2D eigenvalue weighted by molar-refractivity contribution is -0.152. The first-order chi connectivity index (χ1) is 10.9. The summed E-state index contributed by atoms with van der Waals surface area (Å²) in [6.07, 6.45) is 4.86. The Labute approximate surface area is 145 Å². The van der Waals surface area contributed by atoms with E-state index in [0.29, 0.717) is 11.5 Å². The summed E-state index contributed by atoms with van der Waals surface area (Å²) in [7, 11) is 0. The predicted molar refractivity (Wildman–Crippen MR) is 94.5 cm³/mol. The standard InChI is InChI=1S/C20H30O4/c1-11(2)8-9-12(3)16-13(4)10-14(5)17(21)20(16,7)18(22)15(6)19(23)24/h9-11,13,15-16H,8H2,1-7H3,(H,23,24)/b12-9+/t13-,15-,16-,20-/m1/s1. The summed E-state index contributed by atoms with van der Waals surface area (Å²) >= 11 is 0. The van der Waals surface area contributed by atoms with E-state index in [2.05, 4.69) is 19.9 Å². The van der Waals surface area contributed by atoms with E-state index in [1.807, 2.05) is 19.9 Å². The van der Waals surface area contributed by atoms with Crippen molar-refractivity contribution in [3.63, 3.8) is 0 Å². The van der Waals surface area contributed by atoms with E-state index >= 15 is 0 Å².